The van der Waals surface area contributed by atoms with Crippen LogP contribution in [-0.4, -0.2) is 23.7 Å². The van der Waals surface area contributed by atoms with Gasteiger partial charge in [0.05, 0.1) is 12.8 Å². The first-order chi connectivity index (χ1) is 8.65. The van der Waals surface area contributed by atoms with Gasteiger partial charge in [-0.15, -0.1) is 23.2 Å². The third-order valence-corrected chi connectivity index (χ3v) is 2.24. The van der Waals surface area contributed by atoms with E-state index < -0.39 is 11.9 Å². The fourth-order valence-electron chi connectivity index (χ4n) is 1.12. The van der Waals surface area contributed by atoms with Gasteiger partial charge in [-0.3, -0.25) is 9.59 Å². The van der Waals surface area contributed by atoms with Crippen LogP contribution in [0.15, 0.2) is 24.3 Å². The van der Waals surface area contributed by atoms with E-state index >= 15 is 0 Å². The van der Waals surface area contributed by atoms with Gasteiger partial charge in [-0.2, -0.15) is 0 Å². The van der Waals surface area contributed by atoms with Crippen LogP contribution in [0.2, 0.25) is 0 Å². The molecule has 1 rings (SSSR count). The molecule has 0 spiro atoms. The number of hydrogen-bond acceptors (Lipinski definition) is 4. The summed E-state index contributed by atoms with van der Waals surface area (Å²) in [6.45, 7) is 0. The molecule has 18 heavy (non-hydrogen) atoms. The lowest BCUT2D eigenvalue weighted by molar-refractivity contribution is -0.134. The first kappa shape index (κ1) is 14.8. The molecule has 0 fully saturated rings. The minimum absolute atomic E-state index is 0.123. The minimum Gasteiger partial charge on any atom is -0.426 e. The third-order valence-electron chi connectivity index (χ3n) is 1.87. The number of ether oxygens (including phenoxy) is 2. The molecule has 98 valence electrons. The lowest BCUT2D eigenvalue weighted by Gasteiger charge is -2.06. The zero-order valence-electron chi connectivity index (χ0n) is 9.53. The smallest absolute Gasteiger partial charge is 0.312 e. The first-order valence-electron chi connectivity index (χ1n) is 5.29. The van der Waals surface area contributed by atoms with Crippen LogP contribution in [0, 0.1) is 0 Å². The summed E-state index contributed by atoms with van der Waals surface area (Å²) in [6.07, 6.45) is 0.246. The number of carbonyl (C=O) groups is 2. The fraction of sp³-hybridized carbons (Fsp3) is 0.333. The normalized spacial score (nSPS) is 9.89. The van der Waals surface area contributed by atoms with E-state index in [0.717, 1.165) is 0 Å². The molecule has 0 saturated heterocycles. The average molecular weight is 291 g/mol. The van der Waals surface area contributed by atoms with Gasteiger partial charge >= 0.3 is 11.9 Å². The number of carbonyl (C=O) groups excluding carboxylic acids is 2. The van der Waals surface area contributed by atoms with Crippen molar-refractivity contribution in [1.29, 1.82) is 0 Å². The Hall–Kier alpha value is -1.26. The Bertz CT molecular complexity index is 385. The molecule has 1 aromatic rings. The Morgan fingerprint density at radius 2 is 1.39 bits per heavy atom. The highest BCUT2D eigenvalue weighted by Gasteiger charge is 2.07. The van der Waals surface area contributed by atoms with Crippen molar-refractivity contribution in [1.82, 2.24) is 0 Å². The lowest BCUT2D eigenvalue weighted by Crippen LogP contribution is -2.10. The molecule has 0 aliphatic rings. The number of esters is 2. The molecule has 0 unspecified atom stereocenters. The van der Waals surface area contributed by atoms with Crippen LogP contribution < -0.4 is 9.47 Å². The highest BCUT2D eigenvalue weighted by molar-refractivity contribution is 6.19. The summed E-state index contributed by atoms with van der Waals surface area (Å²) in [5.41, 5.74) is 0. The summed E-state index contributed by atoms with van der Waals surface area (Å²) in [6, 6.07) is 6.25. The van der Waals surface area contributed by atoms with Crippen LogP contribution in [0.5, 0.6) is 11.5 Å². The average Bonchev–Trinajstić information content (AvgIpc) is 2.29. The summed E-state index contributed by atoms with van der Waals surface area (Å²) in [5.74, 6) is 0.137. The second kappa shape index (κ2) is 7.95. The van der Waals surface area contributed by atoms with Crippen LogP contribution in [0.1, 0.15) is 12.8 Å². The zero-order chi connectivity index (χ0) is 13.4. The summed E-state index contributed by atoms with van der Waals surface area (Å²) >= 11 is 10.8. The molecule has 0 aromatic heterocycles. The highest BCUT2D eigenvalue weighted by Crippen LogP contribution is 2.20. The van der Waals surface area contributed by atoms with Crippen molar-refractivity contribution < 1.29 is 19.1 Å². The van der Waals surface area contributed by atoms with Gasteiger partial charge < -0.3 is 9.47 Å². The maximum absolute atomic E-state index is 11.2. The Morgan fingerprint density at radius 3 is 1.78 bits per heavy atom. The molecule has 0 N–H and O–H groups in total. The van der Waals surface area contributed by atoms with Crippen molar-refractivity contribution >= 4 is 35.1 Å². The van der Waals surface area contributed by atoms with Crippen LogP contribution in [0.3, 0.4) is 0 Å². The summed E-state index contributed by atoms with van der Waals surface area (Å²) in [5, 5.41) is 0. The first-order valence-corrected chi connectivity index (χ1v) is 6.36. The molecule has 0 bridgehead atoms. The number of halogens is 2. The molecule has 0 aliphatic carbocycles. The predicted octanol–water partition coefficient (Wildman–Crippen LogP) is 2.76. The Morgan fingerprint density at radius 1 is 0.944 bits per heavy atom. The van der Waals surface area contributed by atoms with E-state index in [4.69, 9.17) is 32.7 Å². The fourth-order valence-corrected chi connectivity index (χ4v) is 1.43. The monoisotopic (exact) mass is 290 g/mol. The summed E-state index contributed by atoms with van der Waals surface area (Å²) in [4.78, 5) is 22.4. The highest BCUT2D eigenvalue weighted by atomic mass is 35.5. The van der Waals surface area contributed by atoms with Gasteiger partial charge in [0.25, 0.3) is 0 Å². The maximum Gasteiger partial charge on any atom is 0.312 e. The maximum atomic E-state index is 11.2. The number of rotatable bonds is 6. The minimum atomic E-state index is -0.436. The second-order valence-electron chi connectivity index (χ2n) is 3.30. The summed E-state index contributed by atoms with van der Waals surface area (Å²) in [7, 11) is 0. The Balaban J connectivity index is 2.61. The van der Waals surface area contributed by atoms with E-state index in [9.17, 15) is 9.59 Å². The summed E-state index contributed by atoms with van der Waals surface area (Å²) < 4.78 is 9.99. The number of alkyl halides is 2. The van der Waals surface area contributed by atoms with E-state index in [1.165, 1.54) is 6.07 Å². The zero-order valence-corrected chi connectivity index (χ0v) is 11.0. The molecule has 0 aliphatic heterocycles. The van der Waals surface area contributed by atoms with E-state index in [1.807, 2.05) is 0 Å². The van der Waals surface area contributed by atoms with Gasteiger partial charge in [0, 0.05) is 17.8 Å². The van der Waals surface area contributed by atoms with E-state index in [1.54, 1.807) is 18.2 Å². The number of hydrogen-bond donors (Lipinski definition) is 0. The molecular formula is C12H12Cl2O4. The second-order valence-corrected chi connectivity index (χ2v) is 4.06. The Kier molecular flexibility index (Phi) is 6.54. The predicted molar refractivity (Wildman–Crippen MR) is 68.4 cm³/mol. The van der Waals surface area contributed by atoms with Crippen molar-refractivity contribution in [2.45, 2.75) is 12.8 Å². The topological polar surface area (TPSA) is 52.6 Å². The van der Waals surface area contributed by atoms with Gasteiger partial charge in [-0.25, -0.2) is 0 Å². The molecule has 0 atom stereocenters. The molecule has 6 heteroatoms. The van der Waals surface area contributed by atoms with Crippen molar-refractivity contribution in [3.05, 3.63) is 24.3 Å². The van der Waals surface area contributed by atoms with Gasteiger partial charge in [-0.05, 0) is 12.1 Å². The quantitative estimate of drug-likeness (QED) is 0.459. The molecular weight excluding hydrogens is 279 g/mol. The van der Waals surface area contributed by atoms with Crippen molar-refractivity contribution in [3.63, 3.8) is 0 Å². The van der Waals surface area contributed by atoms with Crippen LogP contribution >= 0.6 is 23.2 Å². The van der Waals surface area contributed by atoms with Gasteiger partial charge in [0.1, 0.15) is 11.5 Å². The van der Waals surface area contributed by atoms with Gasteiger partial charge in [0.15, 0.2) is 0 Å². The molecule has 0 heterocycles. The van der Waals surface area contributed by atoms with Gasteiger partial charge in [0.2, 0.25) is 0 Å². The number of benzene rings is 1. The molecule has 0 saturated carbocycles. The van der Waals surface area contributed by atoms with Crippen LogP contribution in [0.4, 0.5) is 0 Å². The largest absolute Gasteiger partial charge is 0.426 e. The van der Waals surface area contributed by atoms with Crippen molar-refractivity contribution in [2.24, 2.45) is 0 Å². The van der Waals surface area contributed by atoms with E-state index in [-0.39, 0.29) is 24.6 Å². The van der Waals surface area contributed by atoms with E-state index in [2.05, 4.69) is 0 Å². The van der Waals surface area contributed by atoms with Crippen LogP contribution in [-0.2, 0) is 9.59 Å². The van der Waals surface area contributed by atoms with Gasteiger partial charge in [-0.1, -0.05) is 6.07 Å². The van der Waals surface area contributed by atoms with Crippen LogP contribution in [0.25, 0.3) is 0 Å². The molecule has 4 nitrogen and oxygen atoms in total. The molecule has 0 amide bonds. The SMILES string of the molecule is O=C(CCCl)Oc1cccc(OC(=O)CCCl)c1. The van der Waals surface area contributed by atoms with E-state index in [0.29, 0.717) is 11.5 Å². The molecule has 1 aromatic carbocycles. The molecule has 0 radical (unpaired) electrons. The van der Waals surface area contributed by atoms with Crippen molar-refractivity contribution in [3.8, 4) is 11.5 Å². The standard InChI is InChI=1S/C12H12Cl2O4/c13-6-4-11(15)17-9-2-1-3-10(8-9)18-12(16)5-7-14/h1-3,8H,4-7H2. The van der Waals surface area contributed by atoms with Crippen molar-refractivity contribution in [2.75, 3.05) is 11.8 Å². The lowest BCUT2D eigenvalue weighted by atomic mass is 10.3. The Labute approximate surface area is 115 Å². The third kappa shape index (κ3) is 5.38.